The van der Waals surface area contributed by atoms with Crippen LogP contribution in [0.15, 0.2) is 53.5 Å². The van der Waals surface area contributed by atoms with Gasteiger partial charge < -0.3 is 15.5 Å². The zero-order chi connectivity index (χ0) is 23.8. The second-order valence-electron chi connectivity index (χ2n) is 9.39. The van der Waals surface area contributed by atoms with E-state index in [-0.39, 0.29) is 11.7 Å². The molecule has 1 atom stereocenters. The van der Waals surface area contributed by atoms with Gasteiger partial charge in [-0.1, -0.05) is 18.6 Å². The molecule has 2 fully saturated rings. The third kappa shape index (κ3) is 7.37. The second-order valence-corrected chi connectivity index (χ2v) is 9.39. The molecule has 182 valence electrons. The van der Waals surface area contributed by atoms with E-state index in [1.807, 2.05) is 24.3 Å². The van der Waals surface area contributed by atoms with Crippen LogP contribution in [0.5, 0.6) is 0 Å². The minimum atomic E-state index is -0.262. The summed E-state index contributed by atoms with van der Waals surface area (Å²) in [6.45, 7) is 8.30. The molecule has 2 heterocycles. The van der Waals surface area contributed by atoms with Crippen LogP contribution in [-0.4, -0.2) is 66.9 Å². The Labute approximate surface area is 202 Å². The molecular formula is C27H36FN5O. The molecule has 0 spiro atoms. The first-order chi connectivity index (χ1) is 16.5. The van der Waals surface area contributed by atoms with Crippen LogP contribution in [-0.2, 0) is 11.2 Å². The number of anilines is 1. The first kappa shape index (κ1) is 24.4. The number of aryl methyl sites for hydroxylation is 1. The van der Waals surface area contributed by atoms with Crippen LogP contribution >= 0.6 is 0 Å². The van der Waals surface area contributed by atoms with Crippen molar-refractivity contribution in [2.45, 2.75) is 45.1 Å². The maximum atomic E-state index is 13.0. The zero-order valence-electron chi connectivity index (χ0n) is 20.1. The van der Waals surface area contributed by atoms with E-state index in [1.54, 1.807) is 12.1 Å². The number of likely N-dealkylation sites (tertiary alicyclic amines) is 1. The number of piperidine rings is 1. The predicted molar refractivity (Wildman–Crippen MR) is 136 cm³/mol. The average molecular weight is 466 g/mol. The van der Waals surface area contributed by atoms with Gasteiger partial charge in [0.25, 0.3) is 0 Å². The number of halogens is 1. The van der Waals surface area contributed by atoms with Crippen molar-refractivity contribution in [3.63, 3.8) is 0 Å². The fraction of sp³-hybridized carbons (Fsp3) is 0.481. The van der Waals surface area contributed by atoms with Crippen molar-refractivity contribution >= 4 is 23.1 Å². The molecule has 0 aliphatic carbocycles. The Morgan fingerprint density at radius 3 is 2.50 bits per heavy atom. The van der Waals surface area contributed by atoms with E-state index in [2.05, 4.69) is 27.4 Å². The van der Waals surface area contributed by atoms with Gasteiger partial charge in [-0.05, 0) is 81.2 Å². The van der Waals surface area contributed by atoms with Gasteiger partial charge in [-0.25, -0.2) is 9.38 Å². The van der Waals surface area contributed by atoms with Crippen LogP contribution in [0.2, 0.25) is 0 Å². The first-order valence-electron chi connectivity index (χ1n) is 12.5. The highest BCUT2D eigenvalue weighted by Gasteiger charge is 2.22. The maximum absolute atomic E-state index is 13.0. The average Bonchev–Trinajstić information content (AvgIpc) is 2.85. The van der Waals surface area contributed by atoms with E-state index in [4.69, 9.17) is 4.99 Å². The number of hydrogen-bond acceptors (Lipinski definition) is 4. The van der Waals surface area contributed by atoms with Gasteiger partial charge in [0.15, 0.2) is 0 Å². The fourth-order valence-electron chi connectivity index (χ4n) is 4.59. The van der Waals surface area contributed by atoms with Gasteiger partial charge in [0.2, 0.25) is 5.91 Å². The summed E-state index contributed by atoms with van der Waals surface area (Å²) >= 11 is 0. The highest BCUT2D eigenvalue weighted by molar-refractivity contribution is 5.91. The Bertz CT molecular complexity index is 954. The second kappa shape index (κ2) is 12.1. The lowest BCUT2D eigenvalue weighted by Crippen LogP contribution is -2.53. The van der Waals surface area contributed by atoms with Gasteiger partial charge in [-0.2, -0.15) is 0 Å². The SMILES string of the molecule is C[C@H]1CN(C(CN2CCCCC2)=Nc2ccc(NC(=O)CCc3ccc(F)cc3)cc2)CCN1. The molecule has 2 saturated heterocycles. The van der Waals surface area contributed by atoms with Crippen LogP contribution in [0.1, 0.15) is 38.2 Å². The summed E-state index contributed by atoms with van der Waals surface area (Å²) < 4.78 is 13.0. The maximum Gasteiger partial charge on any atom is 0.224 e. The Hall–Kier alpha value is -2.77. The number of amides is 1. The highest BCUT2D eigenvalue weighted by Crippen LogP contribution is 2.19. The van der Waals surface area contributed by atoms with Gasteiger partial charge in [0, 0.05) is 37.8 Å². The molecule has 2 aliphatic rings. The van der Waals surface area contributed by atoms with E-state index in [0.29, 0.717) is 18.9 Å². The summed E-state index contributed by atoms with van der Waals surface area (Å²) in [7, 11) is 0. The molecule has 2 aromatic rings. The van der Waals surface area contributed by atoms with Crippen molar-refractivity contribution in [1.82, 2.24) is 15.1 Å². The molecule has 34 heavy (non-hydrogen) atoms. The van der Waals surface area contributed by atoms with Gasteiger partial charge in [-0.3, -0.25) is 9.69 Å². The van der Waals surface area contributed by atoms with Gasteiger partial charge in [-0.15, -0.1) is 0 Å². The summed E-state index contributed by atoms with van der Waals surface area (Å²) in [5.74, 6) is 0.814. The molecule has 0 saturated carbocycles. The number of rotatable bonds is 7. The van der Waals surface area contributed by atoms with E-state index < -0.39 is 0 Å². The highest BCUT2D eigenvalue weighted by atomic mass is 19.1. The van der Waals surface area contributed by atoms with Crippen molar-refractivity contribution < 1.29 is 9.18 Å². The molecule has 0 aromatic heterocycles. The number of benzene rings is 2. The third-order valence-corrected chi connectivity index (χ3v) is 6.51. The molecule has 2 aromatic carbocycles. The van der Waals surface area contributed by atoms with Crippen molar-refractivity contribution in [3.8, 4) is 0 Å². The topological polar surface area (TPSA) is 60.0 Å². The summed E-state index contributed by atoms with van der Waals surface area (Å²) in [6, 6.07) is 14.5. The number of nitrogens with zero attached hydrogens (tertiary/aromatic N) is 3. The summed E-state index contributed by atoms with van der Waals surface area (Å²) in [6.07, 6.45) is 4.79. The molecule has 1 amide bonds. The molecule has 6 nitrogen and oxygen atoms in total. The van der Waals surface area contributed by atoms with E-state index >= 15 is 0 Å². The predicted octanol–water partition coefficient (Wildman–Crippen LogP) is 4.21. The lowest BCUT2D eigenvalue weighted by molar-refractivity contribution is -0.116. The first-order valence-corrected chi connectivity index (χ1v) is 12.5. The normalized spacial score (nSPS) is 19.8. The Balaban J connectivity index is 1.37. The van der Waals surface area contributed by atoms with E-state index in [0.717, 1.165) is 62.0 Å². The minimum Gasteiger partial charge on any atom is -0.356 e. The van der Waals surface area contributed by atoms with Crippen molar-refractivity contribution in [2.75, 3.05) is 44.6 Å². The van der Waals surface area contributed by atoms with Crippen LogP contribution in [0.4, 0.5) is 15.8 Å². The van der Waals surface area contributed by atoms with Crippen molar-refractivity contribution in [1.29, 1.82) is 0 Å². The molecule has 7 heteroatoms. The monoisotopic (exact) mass is 465 g/mol. The minimum absolute atomic E-state index is 0.0545. The van der Waals surface area contributed by atoms with Crippen molar-refractivity contribution in [3.05, 3.63) is 59.9 Å². The Morgan fingerprint density at radius 2 is 1.79 bits per heavy atom. The third-order valence-electron chi connectivity index (χ3n) is 6.51. The van der Waals surface area contributed by atoms with Gasteiger partial charge in [0.05, 0.1) is 12.2 Å². The van der Waals surface area contributed by atoms with Gasteiger partial charge in [0.1, 0.15) is 11.7 Å². The molecular weight excluding hydrogens is 429 g/mol. The van der Waals surface area contributed by atoms with E-state index in [1.165, 1.54) is 31.4 Å². The number of carbonyl (C=O) groups is 1. The lowest BCUT2D eigenvalue weighted by Gasteiger charge is -2.37. The van der Waals surface area contributed by atoms with Crippen LogP contribution in [0.3, 0.4) is 0 Å². The van der Waals surface area contributed by atoms with Crippen LogP contribution in [0, 0.1) is 5.82 Å². The fourth-order valence-corrected chi connectivity index (χ4v) is 4.59. The molecule has 4 rings (SSSR count). The Morgan fingerprint density at radius 1 is 1.06 bits per heavy atom. The molecule has 2 N–H and O–H groups in total. The number of carbonyl (C=O) groups excluding carboxylic acids is 1. The molecule has 2 aliphatic heterocycles. The molecule has 0 bridgehead atoms. The zero-order valence-corrected chi connectivity index (χ0v) is 20.1. The van der Waals surface area contributed by atoms with Crippen LogP contribution in [0.25, 0.3) is 0 Å². The van der Waals surface area contributed by atoms with E-state index in [9.17, 15) is 9.18 Å². The molecule has 0 radical (unpaired) electrons. The number of piperazine rings is 1. The largest absolute Gasteiger partial charge is 0.356 e. The summed E-state index contributed by atoms with van der Waals surface area (Å²) in [5.41, 5.74) is 2.61. The number of nitrogens with one attached hydrogen (secondary N) is 2. The number of amidine groups is 1. The van der Waals surface area contributed by atoms with Gasteiger partial charge >= 0.3 is 0 Å². The standard InChI is InChI=1S/C27H36FN5O/c1-21-19-33(18-15-29-21)26(20-32-16-3-2-4-17-32)30-24-10-12-25(13-11-24)31-27(34)14-7-22-5-8-23(28)9-6-22/h5-6,8-13,21,29H,2-4,7,14-20H2,1H3,(H,31,34)/t21-/m0/s1. The number of aliphatic imine (C=N–C) groups is 1. The van der Waals surface area contributed by atoms with Crippen molar-refractivity contribution in [2.24, 2.45) is 4.99 Å². The number of hydrogen-bond donors (Lipinski definition) is 2. The Kier molecular flexibility index (Phi) is 8.66. The smallest absolute Gasteiger partial charge is 0.224 e. The summed E-state index contributed by atoms with van der Waals surface area (Å²) in [4.78, 5) is 22.3. The quantitative estimate of drug-likeness (QED) is 0.475. The lowest BCUT2D eigenvalue weighted by atomic mass is 10.1. The van der Waals surface area contributed by atoms with Crippen LogP contribution < -0.4 is 10.6 Å². The molecule has 0 unspecified atom stereocenters. The summed E-state index contributed by atoms with van der Waals surface area (Å²) in [5, 5.41) is 6.47.